The first-order valence-corrected chi connectivity index (χ1v) is 8.34. The molecule has 1 fully saturated rings. The third-order valence-corrected chi connectivity index (χ3v) is 4.74. The number of nitrogens with one attached hydrogen (secondary N) is 1. The van der Waals surface area contributed by atoms with Crippen LogP contribution in [0.1, 0.15) is 30.9 Å². The normalized spacial score (nSPS) is 15.6. The molecule has 0 atom stereocenters. The van der Waals surface area contributed by atoms with Crippen molar-refractivity contribution < 1.29 is 4.74 Å². The monoisotopic (exact) mass is 279 g/mol. The molecule has 1 aliphatic rings. The van der Waals surface area contributed by atoms with Gasteiger partial charge in [-0.15, -0.1) is 0 Å². The van der Waals surface area contributed by atoms with E-state index in [9.17, 15) is 0 Å². The van der Waals surface area contributed by atoms with E-state index in [0.717, 1.165) is 24.0 Å². The summed E-state index contributed by atoms with van der Waals surface area (Å²) in [6.07, 6.45) is 0. The van der Waals surface area contributed by atoms with E-state index in [0.29, 0.717) is 5.92 Å². The summed E-state index contributed by atoms with van der Waals surface area (Å²) in [7, 11) is 0. The van der Waals surface area contributed by atoms with Crippen LogP contribution in [0.3, 0.4) is 0 Å². The van der Waals surface area contributed by atoms with Crippen LogP contribution in [0.2, 0.25) is 0 Å². The third kappa shape index (κ3) is 4.43. The Morgan fingerprint density at radius 2 is 2.16 bits per heavy atom. The van der Waals surface area contributed by atoms with Crippen LogP contribution in [0.15, 0.2) is 18.2 Å². The average molecular weight is 279 g/mol. The van der Waals surface area contributed by atoms with E-state index in [1.165, 1.54) is 30.0 Å². The SMILES string of the molecule is Cc1cc(OCCSCC2CNC2)ccc1C(C)C. The van der Waals surface area contributed by atoms with Gasteiger partial charge < -0.3 is 10.1 Å². The van der Waals surface area contributed by atoms with Crippen LogP contribution in [0, 0.1) is 12.8 Å². The minimum absolute atomic E-state index is 0.584. The molecule has 0 amide bonds. The maximum Gasteiger partial charge on any atom is 0.119 e. The number of benzene rings is 1. The first-order valence-electron chi connectivity index (χ1n) is 7.18. The van der Waals surface area contributed by atoms with E-state index in [1.54, 1.807) is 0 Å². The molecule has 1 aromatic rings. The zero-order valence-electron chi connectivity index (χ0n) is 12.2. The van der Waals surface area contributed by atoms with Crippen molar-refractivity contribution >= 4 is 11.8 Å². The van der Waals surface area contributed by atoms with Gasteiger partial charge in [-0.2, -0.15) is 11.8 Å². The summed E-state index contributed by atoms with van der Waals surface area (Å²) < 4.78 is 5.82. The second-order valence-corrected chi connectivity index (χ2v) is 6.77. The molecular formula is C16H25NOS. The standard InChI is InChI=1S/C16H25NOS/c1-12(2)16-5-4-15(8-13(16)3)18-6-7-19-11-14-9-17-10-14/h4-5,8,12,14,17H,6-7,9-11H2,1-3H3. The van der Waals surface area contributed by atoms with E-state index in [4.69, 9.17) is 4.74 Å². The lowest BCUT2D eigenvalue weighted by atomic mass is 9.98. The zero-order chi connectivity index (χ0) is 13.7. The fourth-order valence-electron chi connectivity index (χ4n) is 2.32. The first kappa shape index (κ1) is 14.7. The topological polar surface area (TPSA) is 21.3 Å². The van der Waals surface area contributed by atoms with Gasteiger partial charge in [0.2, 0.25) is 0 Å². The van der Waals surface area contributed by atoms with E-state index in [2.05, 4.69) is 44.3 Å². The van der Waals surface area contributed by atoms with Gasteiger partial charge in [-0.05, 0) is 60.9 Å². The van der Waals surface area contributed by atoms with Crippen molar-refractivity contribution in [2.75, 3.05) is 31.2 Å². The lowest BCUT2D eigenvalue weighted by Crippen LogP contribution is -2.43. The van der Waals surface area contributed by atoms with Gasteiger partial charge in [-0.1, -0.05) is 19.9 Å². The summed E-state index contributed by atoms with van der Waals surface area (Å²) in [6.45, 7) is 9.84. The number of hydrogen-bond donors (Lipinski definition) is 1. The van der Waals surface area contributed by atoms with Gasteiger partial charge in [0, 0.05) is 5.75 Å². The van der Waals surface area contributed by atoms with Gasteiger partial charge in [0.1, 0.15) is 5.75 Å². The molecule has 19 heavy (non-hydrogen) atoms. The Morgan fingerprint density at radius 3 is 2.74 bits per heavy atom. The Morgan fingerprint density at radius 1 is 1.37 bits per heavy atom. The molecule has 0 radical (unpaired) electrons. The smallest absolute Gasteiger partial charge is 0.119 e. The van der Waals surface area contributed by atoms with Crippen molar-refractivity contribution in [3.05, 3.63) is 29.3 Å². The highest BCUT2D eigenvalue weighted by Gasteiger charge is 2.15. The highest BCUT2D eigenvalue weighted by Crippen LogP contribution is 2.23. The molecule has 3 heteroatoms. The molecule has 1 saturated heterocycles. The van der Waals surface area contributed by atoms with Crippen LogP contribution in [0.4, 0.5) is 0 Å². The lowest BCUT2D eigenvalue weighted by Gasteiger charge is -2.26. The molecule has 2 rings (SSSR count). The van der Waals surface area contributed by atoms with Crippen molar-refractivity contribution in [1.29, 1.82) is 0 Å². The predicted octanol–water partition coefficient (Wildman–Crippen LogP) is 3.45. The van der Waals surface area contributed by atoms with Crippen molar-refractivity contribution in [3.8, 4) is 5.75 Å². The number of thioether (sulfide) groups is 1. The third-order valence-electron chi connectivity index (χ3n) is 3.58. The summed E-state index contributed by atoms with van der Waals surface area (Å²) in [4.78, 5) is 0. The van der Waals surface area contributed by atoms with Gasteiger partial charge >= 0.3 is 0 Å². The van der Waals surface area contributed by atoms with Crippen molar-refractivity contribution in [3.63, 3.8) is 0 Å². The van der Waals surface area contributed by atoms with Crippen LogP contribution in [-0.4, -0.2) is 31.2 Å². The lowest BCUT2D eigenvalue weighted by molar-refractivity contribution is 0.342. The maximum atomic E-state index is 5.82. The summed E-state index contributed by atoms with van der Waals surface area (Å²) in [5.41, 5.74) is 2.75. The van der Waals surface area contributed by atoms with Crippen LogP contribution in [-0.2, 0) is 0 Å². The highest BCUT2D eigenvalue weighted by molar-refractivity contribution is 7.99. The van der Waals surface area contributed by atoms with Crippen LogP contribution < -0.4 is 10.1 Å². The molecule has 0 spiro atoms. The number of hydrogen-bond acceptors (Lipinski definition) is 3. The average Bonchev–Trinajstić information content (AvgIpc) is 2.31. The summed E-state index contributed by atoms with van der Waals surface area (Å²) in [5.74, 6) is 4.83. The molecule has 0 unspecified atom stereocenters. The van der Waals surface area contributed by atoms with Gasteiger partial charge in [-0.3, -0.25) is 0 Å². The molecule has 1 aromatic carbocycles. The Kier molecular flexibility index (Phi) is 5.59. The largest absolute Gasteiger partial charge is 0.493 e. The van der Waals surface area contributed by atoms with E-state index >= 15 is 0 Å². The Hall–Kier alpha value is -0.670. The van der Waals surface area contributed by atoms with Gasteiger partial charge in [0.05, 0.1) is 6.61 Å². The number of aryl methyl sites for hydroxylation is 1. The second-order valence-electron chi connectivity index (χ2n) is 5.62. The zero-order valence-corrected chi connectivity index (χ0v) is 13.1. The van der Waals surface area contributed by atoms with E-state index < -0.39 is 0 Å². The molecule has 2 nitrogen and oxygen atoms in total. The molecule has 0 saturated carbocycles. The van der Waals surface area contributed by atoms with Crippen LogP contribution in [0.5, 0.6) is 5.75 Å². The summed E-state index contributed by atoms with van der Waals surface area (Å²) in [6, 6.07) is 6.46. The molecule has 106 valence electrons. The fraction of sp³-hybridized carbons (Fsp3) is 0.625. The number of ether oxygens (including phenoxy) is 1. The van der Waals surface area contributed by atoms with Gasteiger partial charge in [0.15, 0.2) is 0 Å². The molecule has 1 N–H and O–H groups in total. The molecule has 1 aliphatic heterocycles. The summed E-state index contributed by atoms with van der Waals surface area (Å²) >= 11 is 2.00. The maximum absolute atomic E-state index is 5.82. The van der Waals surface area contributed by atoms with Crippen LogP contribution in [0.25, 0.3) is 0 Å². The van der Waals surface area contributed by atoms with Crippen molar-refractivity contribution in [1.82, 2.24) is 5.32 Å². The molecule has 0 aromatic heterocycles. The minimum atomic E-state index is 0.584. The molecular weight excluding hydrogens is 254 g/mol. The van der Waals surface area contributed by atoms with E-state index in [1.807, 2.05) is 11.8 Å². The minimum Gasteiger partial charge on any atom is -0.493 e. The molecule has 0 aliphatic carbocycles. The summed E-state index contributed by atoms with van der Waals surface area (Å²) in [5, 5.41) is 3.30. The Labute approximate surface area is 121 Å². The fourth-order valence-corrected chi connectivity index (χ4v) is 3.26. The van der Waals surface area contributed by atoms with Gasteiger partial charge in [0.25, 0.3) is 0 Å². The van der Waals surface area contributed by atoms with Crippen molar-refractivity contribution in [2.24, 2.45) is 5.92 Å². The first-order chi connectivity index (χ1) is 9.16. The van der Waals surface area contributed by atoms with Crippen LogP contribution >= 0.6 is 11.8 Å². The van der Waals surface area contributed by atoms with E-state index in [-0.39, 0.29) is 0 Å². The predicted molar refractivity (Wildman–Crippen MR) is 84.4 cm³/mol. The second kappa shape index (κ2) is 7.20. The Balaban J connectivity index is 1.68. The van der Waals surface area contributed by atoms with Gasteiger partial charge in [-0.25, -0.2) is 0 Å². The number of rotatable bonds is 7. The quantitative estimate of drug-likeness (QED) is 0.772. The highest BCUT2D eigenvalue weighted by atomic mass is 32.2. The van der Waals surface area contributed by atoms with Crippen molar-refractivity contribution in [2.45, 2.75) is 26.7 Å². The Bertz CT molecular complexity index is 402. The molecule has 1 heterocycles. The molecule has 0 bridgehead atoms.